The van der Waals surface area contributed by atoms with Gasteiger partial charge in [-0.25, -0.2) is 9.78 Å². The van der Waals surface area contributed by atoms with Gasteiger partial charge in [0.25, 0.3) is 0 Å². The van der Waals surface area contributed by atoms with Crippen LogP contribution < -0.4 is 10.1 Å². The summed E-state index contributed by atoms with van der Waals surface area (Å²) < 4.78 is 10.4. The van der Waals surface area contributed by atoms with Crippen molar-refractivity contribution in [2.75, 3.05) is 7.11 Å². The molecule has 0 aromatic carbocycles. The summed E-state index contributed by atoms with van der Waals surface area (Å²) in [5.41, 5.74) is 0.906. The van der Waals surface area contributed by atoms with E-state index in [1.807, 2.05) is 35.7 Å². The van der Waals surface area contributed by atoms with E-state index in [1.54, 1.807) is 41.9 Å². The van der Waals surface area contributed by atoms with E-state index in [0.717, 1.165) is 16.2 Å². The summed E-state index contributed by atoms with van der Waals surface area (Å²) in [6, 6.07) is 11.2. The molecule has 0 spiro atoms. The van der Waals surface area contributed by atoms with Gasteiger partial charge in [0.05, 0.1) is 26.5 Å². The highest BCUT2D eigenvalue weighted by atomic mass is 32.1. The molecule has 0 saturated carbocycles. The Labute approximate surface area is 150 Å². The lowest BCUT2D eigenvalue weighted by atomic mass is 10.3. The van der Waals surface area contributed by atoms with Crippen molar-refractivity contribution in [1.29, 1.82) is 0 Å². The molecule has 0 aliphatic rings. The number of thiophene rings is 1. The molecule has 3 heterocycles. The molecule has 6 nitrogen and oxygen atoms in total. The fraction of sp³-hybridized carbons (Fsp3) is 0.222. The Bertz CT molecular complexity index is 734. The monoisotopic (exact) mass is 357 g/mol. The highest BCUT2D eigenvalue weighted by Crippen LogP contribution is 2.15. The minimum atomic E-state index is -0.152. The number of hydrogen-bond donors (Lipinski definition) is 1. The van der Waals surface area contributed by atoms with Crippen molar-refractivity contribution in [2.45, 2.75) is 19.6 Å². The third-order valence-corrected chi connectivity index (χ3v) is 4.45. The van der Waals surface area contributed by atoms with Crippen LogP contribution in [0.5, 0.6) is 5.88 Å². The van der Waals surface area contributed by atoms with Gasteiger partial charge in [-0.1, -0.05) is 12.1 Å². The van der Waals surface area contributed by atoms with Gasteiger partial charge in [-0.2, -0.15) is 0 Å². The molecular formula is C18H19N3O3S. The second kappa shape index (κ2) is 8.34. The zero-order valence-corrected chi connectivity index (χ0v) is 14.7. The Kier molecular flexibility index (Phi) is 5.69. The molecule has 0 aliphatic heterocycles. The average Bonchev–Trinajstić information content (AvgIpc) is 3.33. The first-order chi connectivity index (χ1) is 12.2. The largest absolute Gasteiger partial charge is 0.481 e. The Hall–Kier alpha value is -2.80. The smallest absolute Gasteiger partial charge is 0.318 e. The van der Waals surface area contributed by atoms with Gasteiger partial charge in [0.2, 0.25) is 5.88 Å². The summed E-state index contributed by atoms with van der Waals surface area (Å²) in [5, 5.41) is 4.93. The molecular weight excluding hydrogens is 338 g/mol. The number of nitrogens with zero attached hydrogens (tertiary/aromatic N) is 2. The maximum atomic E-state index is 12.6. The third-order valence-electron chi connectivity index (χ3n) is 3.59. The zero-order valence-electron chi connectivity index (χ0n) is 13.8. The molecule has 130 valence electrons. The number of carbonyl (C=O) groups is 1. The van der Waals surface area contributed by atoms with Gasteiger partial charge < -0.3 is 19.4 Å². The SMILES string of the molecule is COc1ccc(CNC(=O)N(Cc2ccco2)Cc2cccs2)cn1. The highest BCUT2D eigenvalue weighted by molar-refractivity contribution is 7.09. The fourth-order valence-corrected chi connectivity index (χ4v) is 3.03. The van der Waals surface area contributed by atoms with Gasteiger partial charge in [-0.15, -0.1) is 11.3 Å². The normalized spacial score (nSPS) is 10.4. The Morgan fingerprint density at radius 1 is 1.28 bits per heavy atom. The number of furan rings is 1. The summed E-state index contributed by atoms with van der Waals surface area (Å²) >= 11 is 1.62. The van der Waals surface area contributed by atoms with Crippen LogP contribution >= 0.6 is 11.3 Å². The van der Waals surface area contributed by atoms with Crippen molar-refractivity contribution in [3.63, 3.8) is 0 Å². The van der Waals surface area contributed by atoms with E-state index < -0.39 is 0 Å². The van der Waals surface area contributed by atoms with E-state index in [0.29, 0.717) is 25.5 Å². The topological polar surface area (TPSA) is 67.6 Å². The van der Waals surface area contributed by atoms with Gasteiger partial charge in [0.1, 0.15) is 5.76 Å². The molecule has 0 bridgehead atoms. The quantitative estimate of drug-likeness (QED) is 0.701. The Morgan fingerprint density at radius 2 is 2.20 bits per heavy atom. The number of hydrogen-bond acceptors (Lipinski definition) is 5. The first-order valence-electron chi connectivity index (χ1n) is 7.81. The molecule has 0 saturated heterocycles. The molecule has 2 amide bonds. The van der Waals surface area contributed by atoms with Crippen LogP contribution in [0.25, 0.3) is 0 Å². The molecule has 0 atom stereocenters. The van der Waals surface area contributed by atoms with Gasteiger partial charge in [0, 0.05) is 23.7 Å². The van der Waals surface area contributed by atoms with Crippen molar-refractivity contribution in [1.82, 2.24) is 15.2 Å². The van der Waals surface area contributed by atoms with Crippen LogP contribution in [-0.2, 0) is 19.6 Å². The number of methoxy groups -OCH3 is 1. The number of ether oxygens (including phenoxy) is 1. The van der Waals surface area contributed by atoms with E-state index in [9.17, 15) is 4.79 Å². The number of rotatable bonds is 7. The van der Waals surface area contributed by atoms with Crippen molar-refractivity contribution in [3.05, 3.63) is 70.4 Å². The Morgan fingerprint density at radius 3 is 2.84 bits per heavy atom. The molecule has 1 N–H and O–H groups in total. The number of nitrogens with one attached hydrogen (secondary N) is 1. The second-order valence-electron chi connectivity index (χ2n) is 5.38. The molecule has 0 fully saturated rings. The summed E-state index contributed by atoms with van der Waals surface area (Å²) in [6.45, 7) is 1.34. The predicted octanol–water partition coefficient (Wildman–Crippen LogP) is 3.66. The van der Waals surface area contributed by atoms with Crippen LogP contribution in [0.15, 0.2) is 58.7 Å². The number of pyridine rings is 1. The number of amides is 2. The van der Waals surface area contributed by atoms with Crippen LogP contribution in [0.2, 0.25) is 0 Å². The minimum Gasteiger partial charge on any atom is -0.481 e. The molecule has 7 heteroatoms. The van der Waals surface area contributed by atoms with Crippen LogP contribution in [0.1, 0.15) is 16.2 Å². The molecule has 25 heavy (non-hydrogen) atoms. The lowest BCUT2D eigenvalue weighted by Crippen LogP contribution is -2.38. The maximum Gasteiger partial charge on any atom is 0.318 e. The predicted molar refractivity (Wildman–Crippen MR) is 95.3 cm³/mol. The van der Waals surface area contributed by atoms with Crippen molar-refractivity contribution < 1.29 is 13.9 Å². The van der Waals surface area contributed by atoms with E-state index in [2.05, 4.69) is 10.3 Å². The van der Waals surface area contributed by atoms with Crippen LogP contribution in [-0.4, -0.2) is 23.0 Å². The van der Waals surface area contributed by atoms with Gasteiger partial charge in [-0.05, 0) is 29.1 Å². The number of carbonyl (C=O) groups excluding carboxylic acids is 1. The molecule has 3 rings (SSSR count). The van der Waals surface area contributed by atoms with Gasteiger partial charge in [-0.3, -0.25) is 0 Å². The standard InChI is InChI=1S/C18H19N3O3S/c1-23-17-7-6-14(10-19-17)11-20-18(22)21(12-15-4-2-8-24-15)13-16-5-3-9-25-16/h2-10H,11-13H2,1H3,(H,20,22). The molecule has 0 aliphatic carbocycles. The third kappa shape index (κ3) is 4.84. The van der Waals surface area contributed by atoms with E-state index in [1.165, 1.54) is 0 Å². The second-order valence-corrected chi connectivity index (χ2v) is 6.41. The average molecular weight is 357 g/mol. The molecule has 3 aromatic heterocycles. The van der Waals surface area contributed by atoms with Crippen molar-refractivity contribution in [2.24, 2.45) is 0 Å². The zero-order chi connectivity index (χ0) is 17.5. The fourth-order valence-electron chi connectivity index (χ4n) is 2.31. The van der Waals surface area contributed by atoms with Crippen molar-refractivity contribution in [3.8, 4) is 5.88 Å². The lowest BCUT2D eigenvalue weighted by molar-refractivity contribution is 0.187. The van der Waals surface area contributed by atoms with Gasteiger partial charge >= 0.3 is 6.03 Å². The number of urea groups is 1. The van der Waals surface area contributed by atoms with E-state index in [-0.39, 0.29) is 6.03 Å². The highest BCUT2D eigenvalue weighted by Gasteiger charge is 2.16. The maximum absolute atomic E-state index is 12.6. The lowest BCUT2D eigenvalue weighted by Gasteiger charge is -2.21. The number of aromatic nitrogens is 1. The van der Waals surface area contributed by atoms with Crippen LogP contribution in [0.4, 0.5) is 4.79 Å². The van der Waals surface area contributed by atoms with Crippen LogP contribution in [0, 0.1) is 0 Å². The first kappa shape index (κ1) is 17.0. The molecule has 0 unspecified atom stereocenters. The van der Waals surface area contributed by atoms with E-state index in [4.69, 9.17) is 9.15 Å². The molecule has 3 aromatic rings. The summed E-state index contributed by atoms with van der Waals surface area (Å²) in [7, 11) is 1.57. The minimum absolute atomic E-state index is 0.152. The van der Waals surface area contributed by atoms with Gasteiger partial charge in [0.15, 0.2) is 0 Å². The summed E-state index contributed by atoms with van der Waals surface area (Å²) in [5.74, 6) is 1.30. The Balaban J connectivity index is 1.62. The van der Waals surface area contributed by atoms with Crippen LogP contribution in [0.3, 0.4) is 0 Å². The van der Waals surface area contributed by atoms with E-state index >= 15 is 0 Å². The summed E-state index contributed by atoms with van der Waals surface area (Å²) in [6.07, 6.45) is 3.30. The van der Waals surface area contributed by atoms with Crippen molar-refractivity contribution >= 4 is 17.4 Å². The summed E-state index contributed by atoms with van der Waals surface area (Å²) in [4.78, 5) is 19.6. The molecule has 0 radical (unpaired) electrons. The first-order valence-corrected chi connectivity index (χ1v) is 8.69.